The first-order valence-electron chi connectivity index (χ1n) is 5.08. The third kappa shape index (κ3) is 2.88. The predicted molar refractivity (Wildman–Crippen MR) is 70.7 cm³/mol. The zero-order chi connectivity index (χ0) is 10.9. The van der Waals surface area contributed by atoms with Crippen LogP contribution in [0.15, 0.2) is 22.8 Å². The smallest absolute Gasteiger partial charge is 0.129 e. The first kappa shape index (κ1) is 11.3. The van der Waals surface area contributed by atoms with E-state index in [1.165, 1.54) is 5.75 Å². The fourth-order valence-corrected chi connectivity index (χ4v) is 3.23. The van der Waals surface area contributed by atoms with Crippen molar-refractivity contribution in [3.63, 3.8) is 0 Å². The Kier molecular flexibility index (Phi) is 3.26. The van der Waals surface area contributed by atoms with Crippen LogP contribution in [0, 0.1) is 0 Å². The summed E-state index contributed by atoms with van der Waals surface area (Å²) < 4.78 is 1.25. The van der Waals surface area contributed by atoms with Crippen LogP contribution in [0.4, 0.5) is 5.82 Å². The zero-order valence-corrected chi connectivity index (χ0v) is 11.4. The molecule has 0 unspecified atom stereocenters. The average molecular weight is 287 g/mol. The topological polar surface area (TPSA) is 16.1 Å². The van der Waals surface area contributed by atoms with Crippen molar-refractivity contribution < 1.29 is 0 Å². The Morgan fingerprint density at radius 2 is 2.27 bits per heavy atom. The zero-order valence-electron chi connectivity index (χ0n) is 9.03. The van der Waals surface area contributed by atoms with Gasteiger partial charge in [-0.05, 0) is 41.9 Å². The second-order valence-corrected chi connectivity index (χ2v) is 6.96. The number of thioether (sulfide) groups is 1. The molecule has 1 aliphatic heterocycles. The molecule has 0 spiro atoms. The number of pyridine rings is 1. The second-order valence-electron chi connectivity index (χ2n) is 4.35. The highest BCUT2D eigenvalue weighted by atomic mass is 79.9. The van der Waals surface area contributed by atoms with E-state index >= 15 is 0 Å². The summed E-state index contributed by atoms with van der Waals surface area (Å²) in [6.45, 7) is 6.75. The highest BCUT2D eigenvalue weighted by Gasteiger charge is 2.27. The van der Waals surface area contributed by atoms with Gasteiger partial charge in [-0.1, -0.05) is 6.07 Å². The molecule has 0 radical (unpaired) electrons. The van der Waals surface area contributed by atoms with Crippen LogP contribution in [-0.4, -0.2) is 28.6 Å². The van der Waals surface area contributed by atoms with Crippen molar-refractivity contribution in [2.75, 3.05) is 23.7 Å². The summed E-state index contributed by atoms with van der Waals surface area (Å²) in [4.78, 5) is 6.86. The van der Waals surface area contributed by atoms with Crippen LogP contribution >= 0.6 is 27.7 Å². The molecule has 0 atom stereocenters. The SMILES string of the molecule is CC1(C)CN(c2cccc(Br)n2)CCS1. The molecule has 0 bridgehead atoms. The van der Waals surface area contributed by atoms with Crippen LogP contribution in [0.5, 0.6) is 0 Å². The number of aromatic nitrogens is 1. The number of anilines is 1. The lowest BCUT2D eigenvalue weighted by Crippen LogP contribution is -2.43. The molecule has 0 N–H and O–H groups in total. The lowest BCUT2D eigenvalue weighted by Gasteiger charge is -2.38. The number of halogens is 1. The Hall–Kier alpha value is -0.220. The first-order chi connectivity index (χ1) is 7.07. The Morgan fingerprint density at radius 3 is 2.93 bits per heavy atom. The molecule has 15 heavy (non-hydrogen) atoms. The molecule has 1 aromatic rings. The second kappa shape index (κ2) is 4.34. The minimum absolute atomic E-state index is 0.336. The summed E-state index contributed by atoms with van der Waals surface area (Å²) in [5, 5.41) is 0. The Bertz CT molecular complexity index is 354. The molecule has 4 heteroatoms. The molecule has 2 rings (SSSR count). The molecule has 2 nitrogen and oxygen atoms in total. The summed E-state index contributed by atoms with van der Waals surface area (Å²) in [5.41, 5.74) is 0. The van der Waals surface area contributed by atoms with Crippen molar-refractivity contribution in [2.45, 2.75) is 18.6 Å². The number of hydrogen-bond donors (Lipinski definition) is 0. The summed E-state index contributed by atoms with van der Waals surface area (Å²) in [6.07, 6.45) is 0. The van der Waals surface area contributed by atoms with Crippen molar-refractivity contribution >= 4 is 33.5 Å². The van der Waals surface area contributed by atoms with Gasteiger partial charge in [-0.15, -0.1) is 0 Å². The van der Waals surface area contributed by atoms with Gasteiger partial charge in [0.25, 0.3) is 0 Å². The van der Waals surface area contributed by atoms with Gasteiger partial charge in [0, 0.05) is 23.6 Å². The molecule has 0 aromatic carbocycles. The molecular weight excluding hydrogens is 272 g/mol. The number of hydrogen-bond acceptors (Lipinski definition) is 3. The third-order valence-electron chi connectivity index (χ3n) is 2.45. The van der Waals surface area contributed by atoms with Gasteiger partial charge in [0.05, 0.1) is 0 Å². The first-order valence-corrected chi connectivity index (χ1v) is 6.86. The van der Waals surface area contributed by atoms with Crippen LogP contribution in [0.25, 0.3) is 0 Å². The van der Waals surface area contributed by atoms with Gasteiger partial charge in [0.15, 0.2) is 0 Å². The molecule has 1 fully saturated rings. The normalized spacial score (nSPS) is 20.3. The standard InChI is InChI=1S/C11H15BrN2S/c1-11(2)8-14(6-7-15-11)10-5-3-4-9(12)13-10/h3-5H,6-8H2,1-2H3. The molecule has 0 aliphatic carbocycles. The van der Waals surface area contributed by atoms with Gasteiger partial charge >= 0.3 is 0 Å². The minimum atomic E-state index is 0.336. The fraction of sp³-hybridized carbons (Fsp3) is 0.545. The molecular formula is C11H15BrN2S. The fourth-order valence-electron chi connectivity index (χ4n) is 1.79. The number of rotatable bonds is 1. The van der Waals surface area contributed by atoms with Crippen LogP contribution in [0.3, 0.4) is 0 Å². The van der Waals surface area contributed by atoms with Gasteiger partial charge in [-0.25, -0.2) is 4.98 Å². The van der Waals surface area contributed by atoms with Crippen molar-refractivity contribution in [3.05, 3.63) is 22.8 Å². The predicted octanol–water partition coefficient (Wildman–Crippen LogP) is 3.18. The maximum atomic E-state index is 4.50. The number of nitrogens with zero attached hydrogens (tertiary/aromatic N) is 2. The van der Waals surface area contributed by atoms with Gasteiger partial charge < -0.3 is 4.90 Å². The van der Waals surface area contributed by atoms with Crippen LogP contribution in [-0.2, 0) is 0 Å². The summed E-state index contributed by atoms with van der Waals surface area (Å²) in [6, 6.07) is 6.09. The van der Waals surface area contributed by atoms with Gasteiger partial charge in [-0.2, -0.15) is 11.8 Å². The average Bonchev–Trinajstić information content (AvgIpc) is 2.16. The largest absolute Gasteiger partial charge is 0.354 e. The molecule has 1 aromatic heterocycles. The van der Waals surface area contributed by atoms with E-state index in [1.807, 2.05) is 23.9 Å². The molecule has 1 saturated heterocycles. The summed E-state index contributed by atoms with van der Waals surface area (Å²) >= 11 is 5.46. The lowest BCUT2D eigenvalue weighted by atomic mass is 10.2. The van der Waals surface area contributed by atoms with Gasteiger partial charge in [-0.3, -0.25) is 0 Å². The van der Waals surface area contributed by atoms with Crippen LogP contribution < -0.4 is 4.90 Å². The van der Waals surface area contributed by atoms with Gasteiger partial charge in [0.2, 0.25) is 0 Å². The molecule has 82 valence electrons. The van der Waals surface area contributed by atoms with Gasteiger partial charge in [0.1, 0.15) is 10.4 Å². The quantitative estimate of drug-likeness (QED) is 0.738. The van der Waals surface area contributed by atoms with E-state index in [2.05, 4.69) is 45.7 Å². The highest BCUT2D eigenvalue weighted by molar-refractivity contribution is 9.10. The lowest BCUT2D eigenvalue weighted by molar-refractivity contribution is 0.642. The van der Waals surface area contributed by atoms with E-state index in [0.29, 0.717) is 4.75 Å². The van der Waals surface area contributed by atoms with Crippen LogP contribution in [0.1, 0.15) is 13.8 Å². The van der Waals surface area contributed by atoms with Crippen molar-refractivity contribution in [1.82, 2.24) is 4.98 Å². The van der Waals surface area contributed by atoms with Crippen molar-refractivity contribution in [3.8, 4) is 0 Å². The highest BCUT2D eigenvalue weighted by Crippen LogP contribution is 2.31. The van der Waals surface area contributed by atoms with E-state index in [-0.39, 0.29) is 0 Å². The molecule has 2 heterocycles. The van der Waals surface area contributed by atoms with E-state index in [9.17, 15) is 0 Å². The van der Waals surface area contributed by atoms with Crippen molar-refractivity contribution in [2.24, 2.45) is 0 Å². The molecule has 0 saturated carbocycles. The maximum absolute atomic E-state index is 4.50. The molecule has 0 amide bonds. The molecule has 1 aliphatic rings. The van der Waals surface area contributed by atoms with E-state index in [1.54, 1.807) is 0 Å². The Morgan fingerprint density at radius 1 is 1.47 bits per heavy atom. The monoisotopic (exact) mass is 286 g/mol. The minimum Gasteiger partial charge on any atom is -0.354 e. The third-order valence-corrected chi connectivity index (χ3v) is 4.19. The Balaban J connectivity index is 2.17. The van der Waals surface area contributed by atoms with Crippen molar-refractivity contribution in [1.29, 1.82) is 0 Å². The Labute approximate surface area is 104 Å². The van der Waals surface area contributed by atoms with Crippen LogP contribution in [0.2, 0.25) is 0 Å². The maximum Gasteiger partial charge on any atom is 0.129 e. The van der Waals surface area contributed by atoms with E-state index < -0.39 is 0 Å². The van der Waals surface area contributed by atoms with E-state index in [0.717, 1.165) is 23.5 Å². The summed E-state index contributed by atoms with van der Waals surface area (Å²) in [7, 11) is 0. The van der Waals surface area contributed by atoms with E-state index in [4.69, 9.17) is 0 Å². The summed E-state index contributed by atoms with van der Waals surface area (Å²) in [5.74, 6) is 2.26.